The van der Waals surface area contributed by atoms with E-state index in [0.717, 1.165) is 41.3 Å². The summed E-state index contributed by atoms with van der Waals surface area (Å²) in [5.41, 5.74) is 4.04. The lowest BCUT2D eigenvalue weighted by Gasteiger charge is -2.38. The molecular formula is C25H25FN6O. The number of phenols is 1. The topological polar surface area (TPSA) is 90.0 Å². The molecule has 2 fully saturated rings. The average Bonchev–Trinajstić information content (AvgIpc) is 3.48. The van der Waals surface area contributed by atoms with Crippen molar-refractivity contribution in [2.24, 2.45) is 0 Å². The van der Waals surface area contributed by atoms with Crippen LogP contribution in [0, 0.1) is 0 Å². The van der Waals surface area contributed by atoms with Crippen LogP contribution in [0.3, 0.4) is 0 Å². The van der Waals surface area contributed by atoms with Crippen molar-refractivity contribution in [2.75, 3.05) is 11.9 Å². The first-order valence-corrected chi connectivity index (χ1v) is 11.3. The molecule has 2 bridgehead atoms. The van der Waals surface area contributed by atoms with Gasteiger partial charge in [-0.25, -0.2) is 9.37 Å². The van der Waals surface area contributed by atoms with E-state index in [-0.39, 0.29) is 17.8 Å². The summed E-state index contributed by atoms with van der Waals surface area (Å²) >= 11 is 0. The van der Waals surface area contributed by atoms with Crippen molar-refractivity contribution < 1.29 is 9.50 Å². The molecule has 2 aliphatic rings. The maximum atomic E-state index is 14.9. The molecule has 8 heteroatoms. The van der Waals surface area contributed by atoms with Gasteiger partial charge in [-0.15, -0.1) is 0 Å². The van der Waals surface area contributed by atoms with Gasteiger partial charge < -0.3 is 15.3 Å². The summed E-state index contributed by atoms with van der Waals surface area (Å²) in [4.78, 5) is 11.0. The zero-order valence-corrected chi connectivity index (χ0v) is 18.2. The van der Waals surface area contributed by atoms with E-state index >= 15 is 0 Å². The van der Waals surface area contributed by atoms with Gasteiger partial charge >= 0.3 is 0 Å². The molecule has 0 aliphatic carbocycles. The van der Waals surface area contributed by atoms with E-state index in [9.17, 15) is 9.50 Å². The Labute approximate surface area is 190 Å². The standard InChI is InChI=1S/C25H25FN6O/c1-32(22-10-17-4-7-20(30-17)25(22)26)24-13-27-21(12-28-24)18-5-2-15(9-23(18)33)14-3-6-19-16(8-14)11-29-31-19/h2-3,5-6,8-9,11-13,17,20,22,25,30,33H,4,7,10H2,1H3,(H,29,31)/t17?,20?,22-,25+/m0/s1. The Bertz CT molecular complexity index is 1310. The molecule has 4 heterocycles. The van der Waals surface area contributed by atoms with Crippen LogP contribution in [0.4, 0.5) is 10.2 Å². The summed E-state index contributed by atoms with van der Waals surface area (Å²) in [7, 11) is 1.88. The number of alkyl halides is 1. The van der Waals surface area contributed by atoms with Gasteiger partial charge in [0.15, 0.2) is 0 Å². The van der Waals surface area contributed by atoms with Crippen LogP contribution in [0.25, 0.3) is 33.3 Å². The maximum absolute atomic E-state index is 14.9. The molecular weight excluding hydrogens is 419 g/mol. The number of hydrogen-bond donors (Lipinski definition) is 3. The second kappa shape index (κ2) is 7.81. The maximum Gasteiger partial charge on any atom is 0.147 e. The summed E-state index contributed by atoms with van der Waals surface area (Å²) in [5.74, 6) is 0.770. The Kier molecular flexibility index (Phi) is 4.76. The predicted octanol–water partition coefficient (Wildman–Crippen LogP) is 4.06. The van der Waals surface area contributed by atoms with Gasteiger partial charge in [0.1, 0.15) is 17.7 Å². The van der Waals surface area contributed by atoms with Crippen molar-refractivity contribution in [1.82, 2.24) is 25.5 Å². The normalized spacial score (nSPS) is 24.3. The fourth-order valence-corrected chi connectivity index (χ4v) is 5.21. The van der Waals surface area contributed by atoms with Gasteiger partial charge in [-0.05, 0) is 54.7 Å². The molecule has 7 nitrogen and oxygen atoms in total. The van der Waals surface area contributed by atoms with Gasteiger partial charge in [-0.1, -0.05) is 12.1 Å². The Morgan fingerprint density at radius 1 is 1.03 bits per heavy atom. The molecule has 168 valence electrons. The van der Waals surface area contributed by atoms with Crippen LogP contribution in [0.2, 0.25) is 0 Å². The summed E-state index contributed by atoms with van der Waals surface area (Å²) < 4.78 is 14.9. The molecule has 3 N–H and O–H groups in total. The lowest BCUT2D eigenvalue weighted by Crippen LogP contribution is -2.55. The number of H-pyrrole nitrogens is 1. The Morgan fingerprint density at radius 2 is 1.88 bits per heavy atom. The zero-order valence-electron chi connectivity index (χ0n) is 18.2. The molecule has 6 rings (SSSR count). The molecule has 2 aliphatic heterocycles. The van der Waals surface area contributed by atoms with Crippen LogP contribution >= 0.6 is 0 Å². The number of aromatic hydroxyl groups is 1. The number of halogens is 1. The number of rotatable bonds is 4. The number of fused-ring (bicyclic) bond motifs is 3. The number of aromatic amines is 1. The number of benzene rings is 2. The van der Waals surface area contributed by atoms with Crippen LogP contribution < -0.4 is 10.2 Å². The van der Waals surface area contributed by atoms with Crippen molar-refractivity contribution >= 4 is 16.7 Å². The third-order valence-corrected chi connectivity index (χ3v) is 7.10. The van der Waals surface area contributed by atoms with E-state index < -0.39 is 6.17 Å². The fraction of sp³-hybridized carbons (Fsp3) is 0.320. The van der Waals surface area contributed by atoms with E-state index in [2.05, 4.69) is 25.5 Å². The SMILES string of the molecule is CN(c1cnc(-c2ccc(-c3ccc4[nH]ncc4c3)cc2O)cn1)[C@H]1CC2CCC(N2)[C@H]1F. The summed E-state index contributed by atoms with van der Waals surface area (Å²) in [6, 6.07) is 11.6. The average molecular weight is 445 g/mol. The first-order chi connectivity index (χ1) is 16.1. The smallest absolute Gasteiger partial charge is 0.147 e. The van der Waals surface area contributed by atoms with E-state index in [1.165, 1.54) is 0 Å². The molecule has 2 saturated heterocycles. The quantitative estimate of drug-likeness (QED) is 0.440. The van der Waals surface area contributed by atoms with E-state index in [1.807, 2.05) is 42.3 Å². The van der Waals surface area contributed by atoms with E-state index in [4.69, 9.17) is 0 Å². The van der Waals surface area contributed by atoms with Gasteiger partial charge in [0.25, 0.3) is 0 Å². The molecule has 4 atom stereocenters. The number of piperidine rings is 1. The molecule has 2 unspecified atom stereocenters. The van der Waals surface area contributed by atoms with Crippen molar-refractivity contribution in [3.05, 3.63) is 55.0 Å². The van der Waals surface area contributed by atoms with Crippen LogP contribution in [-0.2, 0) is 0 Å². The Morgan fingerprint density at radius 3 is 2.70 bits per heavy atom. The predicted molar refractivity (Wildman–Crippen MR) is 126 cm³/mol. The minimum atomic E-state index is -0.923. The second-order valence-electron chi connectivity index (χ2n) is 9.07. The monoisotopic (exact) mass is 444 g/mol. The number of anilines is 1. The Hall–Kier alpha value is -3.52. The van der Waals surface area contributed by atoms with E-state index in [1.54, 1.807) is 24.7 Å². The third kappa shape index (κ3) is 3.51. The van der Waals surface area contributed by atoms with Gasteiger partial charge in [-0.3, -0.25) is 10.1 Å². The molecule has 0 saturated carbocycles. The molecule has 0 amide bonds. The van der Waals surface area contributed by atoms with Crippen molar-refractivity contribution in [3.63, 3.8) is 0 Å². The summed E-state index contributed by atoms with van der Waals surface area (Å²) in [6.45, 7) is 0. The Balaban J connectivity index is 1.23. The lowest BCUT2D eigenvalue weighted by molar-refractivity contribution is 0.176. The zero-order chi connectivity index (χ0) is 22.5. The molecule has 0 radical (unpaired) electrons. The highest BCUT2D eigenvalue weighted by Gasteiger charge is 2.43. The number of hydrogen-bond acceptors (Lipinski definition) is 6. The highest BCUT2D eigenvalue weighted by atomic mass is 19.1. The van der Waals surface area contributed by atoms with Crippen molar-refractivity contribution in [1.29, 1.82) is 0 Å². The van der Waals surface area contributed by atoms with Crippen molar-refractivity contribution in [3.8, 4) is 28.1 Å². The second-order valence-corrected chi connectivity index (χ2v) is 9.07. The van der Waals surface area contributed by atoms with Gasteiger partial charge in [0, 0.05) is 30.1 Å². The third-order valence-electron chi connectivity index (χ3n) is 7.10. The minimum absolute atomic E-state index is 0.0619. The van der Waals surface area contributed by atoms with Gasteiger partial charge in [0.2, 0.25) is 0 Å². The molecule has 2 aromatic heterocycles. The largest absolute Gasteiger partial charge is 0.507 e. The number of nitrogens with one attached hydrogen (secondary N) is 2. The number of phenolic OH excluding ortho intramolecular Hbond substituents is 1. The van der Waals surface area contributed by atoms with Gasteiger partial charge in [0.05, 0.1) is 35.8 Å². The molecule has 33 heavy (non-hydrogen) atoms. The first-order valence-electron chi connectivity index (χ1n) is 11.3. The molecule has 2 aromatic carbocycles. The number of aromatic nitrogens is 4. The highest BCUT2D eigenvalue weighted by molar-refractivity contribution is 5.85. The lowest BCUT2D eigenvalue weighted by atomic mass is 9.96. The van der Waals surface area contributed by atoms with Crippen molar-refractivity contribution in [2.45, 2.75) is 43.6 Å². The van der Waals surface area contributed by atoms with E-state index in [0.29, 0.717) is 23.1 Å². The van der Waals surface area contributed by atoms with Crippen LogP contribution in [0.5, 0.6) is 5.75 Å². The minimum Gasteiger partial charge on any atom is -0.507 e. The fourth-order valence-electron chi connectivity index (χ4n) is 5.21. The molecule has 4 aromatic rings. The van der Waals surface area contributed by atoms with Crippen LogP contribution in [0.15, 0.2) is 55.0 Å². The highest BCUT2D eigenvalue weighted by Crippen LogP contribution is 2.35. The first kappa shape index (κ1) is 20.1. The van der Waals surface area contributed by atoms with Crippen LogP contribution in [-0.4, -0.2) is 56.6 Å². The summed E-state index contributed by atoms with van der Waals surface area (Å²) in [5, 5.41) is 22.1. The summed E-state index contributed by atoms with van der Waals surface area (Å²) in [6.07, 6.45) is 6.85. The molecule has 0 spiro atoms. The number of nitrogens with zero attached hydrogens (tertiary/aromatic N) is 4. The van der Waals surface area contributed by atoms with Crippen LogP contribution in [0.1, 0.15) is 19.3 Å². The van der Waals surface area contributed by atoms with Gasteiger partial charge in [-0.2, -0.15) is 5.10 Å².